The predicted octanol–water partition coefficient (Wildman–Crippen LogP) is 2.69. The molecule has 0 fully saturated rings. The number of pyridine rings is 1. The number of alkyl carbamates (subject to hydrolysis) is 1. The zero-order valence-corrected chi connectivity index (χ0v) is 12.4. The highest BCUT2D eigenvalue weighted by Crippen LogP contribution is 2.07. The van der Waals surface area contributed by atoms with E-state index in [2.05, 4.69) is 10.3 Å². The van der Waals surface area contributed by atoms with Crippen molar-refractivity contribution in [1.82, 2.24) is 10.3 Å². The standard InChI is InChI=1S/C15H22N2O3/c1-11(17-14(19)20-15(2,3)4)7-5-8-12-9-6-10-16-13(12)18/h5-6,8-11H,7H2,1-4H3,(H,16,18)(H,17,19). The Hall–Kier alpha value is -2.04. The molecule has 0 radical (unpaired) electrons. The molecule has 1 unspecified atom stereocenters. The molecule has 0 bridgehead atoms. The fourth-order valence-corrected chi connectivity index (χ4v) is 1.53. The van der Waals surface area contributed by atoms with E-state index < -0.39 is 11.7 Å². The lowest BCUT2D eigenvalue weighted by atomic mass is 10.2. The number of rotatable bonds is 4. The zero-order chi connectivity index (χ0) is 15.2. The number of hydrogen-bond acceptors (Lipinski definition) is 3. The SMILES string of the molecule is CC(CC=Cc1ccc[nH]c1=O)NC(=O)OC(C)(C)C. The van der Waals surface area contributed by atoms with Gasteiger partial charge in [-0.25, -0.2) is 4.79 Å². The highest BCUT2D eigenvalue weighted by molar-refractivity contribution is 5.68. The zero-order valence-electron chi connectivity index (χ0n) is 12.4. The Morgan fingerprint density at radius 2 is 2.20 bits per heavy atom. The number of carbonyl (C=O) groups excluding carboxylic acids is 1. The molecule has 0 aliphatic carbocycles. The van der Waals surface area contributed by atoms with Crippen LogP contribution in [-0.4, -0.2) is 22.7 Å². The van der Waals surface area contributed by atoms with Crippen LogP contribution in [0.2, 0.25) is 0 Å². The van der Waals surface area contributed by atoms with Crippen molar-refractivity contribution in [3.05, 3.63) is 40.3 Å². The minimum Gasteiger partial charge on any atom is -0.444 e. The molecule has 1 heterocycles. The molecule has 0 aliphatic heterocycles. The average molecular weight is 278 g/mol. The second-order valence-corrected chi connectivity index (χ2v) is 5.64. The maximum atomic E-state index is 11.5. The summed E-state index contributed by atoms with van der Waals surface area (Å²) in [6.45, 7) is 7.33. The van der Waals surface area contributed by atoms with Gasteiger partial charge in [0.05, 0.1) is 0 Å². The van der Waals surface area contributed by atoms with Crippen LogP contribution in [0.25, 0.3) is 6.08 Å². The first-order valence-electron chi connectivity index (χ1n) is 6.62. The summed E-state index contributed by atoms with van der Waals surface area (Å²) in [6, 6.07) is 3.44. The van der Waals surface area contributed by atoms with Crippen LogP contribution >= 0.6 is 0 Å². The van der Waals surface area contributed by atoms with Crippen molar-refractivity contribution in [3.8, 4) is 0 Å². The van der Waals surface area contributed by atoms with Crippen molar-refractivity contribution < 1.29 is 9.53 Å². The number of hydrogen-bond donors (Lipinski definition) is 2. The number of aromatic nitrogens is 1. The Morgan fingerprint density at radius 1 is 1.50 bits per heavy atom. The van der Waals surface area contributed by atoms with Gasteiger partial charge in [-0.05, 0) is 46.2 Å². The van der Waals surface area contributed by atoms with E-state index in [0.717, 1.165) is 0 Å². The van der Waals surface area contributed by atoms with Crippen LogP contribution in [0.3, 0.4) is 0 Å². The van der Waals surface area contributed by atoms with Gasteiger partial charge in [0, 0.05) is 17.8 Å². The molecule has 5 heteroatoms. The Labute approximate surface area is 119 Å². The summed E-state index contributed by atoms with van der Waals surface area (Å²) >= 11 is 0. The number of amides is 1. The van der Waals surface area contributed by atoms with Gasteiger partial charge in [-0.15, -0.1) is 0 Å². The molecular formula is C15H22N2O3. The molecule has 5 nitrogen and oxygen atoms in total. The molecule has 1 atom stereocenters. The molecule has 0 aliphatic rings. The van der Waals surface area contributed by atoms with Crippen LogP contribution in [0, 0.1) is 0 Å². The number of carbonyl (C=O) groups is 1. The summed E-state index contributed by atoms with van der Waals surface area (Å²) in [4.78, 5) is 25.6. The fourth-order valence-electron chi connectivity index (χ4n) is 1.53. The third-order valence-electron chi connectivity index (χ3n) is 2.40. The Kier molecular flexibility index (Phi) is 5.55. The second-order valence-electron chi connectivity index (χ2n) is 5.64. The van der Waals surface area contributed by atoms with Crippen molar-refractivity contribution in [2.45, 2.75) is 45.8 Å². The lowest BCUT2D eigenvalue weighted by Crippen LogP contribution is -2.37. The van der Waals surface area contributed by atoms with Crippen LogP contribution in [0.5, 0.6) is 0 Å². The normalized spacial score (nSPS) is 13.2. The first kappa shape index (κ1) is 16.0. The monoisotopic (exact) mass is 278 g/mol. The molecule has 0 aromatic carbocycles. The van der Waals surface area contributed by atoms with E-state index in [1.165, 1.54) is 0 Å². The molecule has 1 amide bonds. The smallest absolute Gasteiger partial charge is 0.407 e. The third-order valence-corrected chi connectivity index (χ3v) is 2.40. The molecule has 2 N–H and O–H groups in total. The first-order valence-corrected chi connectivity index (χ1v) is 6.62. The van der Waals surface area contributed by atoms with Gasteiger partial charge in [0.2, 0.25) is 0 Å². The number of nitrogens with one attached hydrogen (secondary N) is 2. The van der Waals surface area contributed by atoms with Crippen molar-refractivity contribution in [2.24, 2.45) is 0 Å². The molecule has 1 aromatic heterocycles. The lowest BCUT2D eigenvalue weighted by Gasteiger charge is -2.21. The minimum absolute atomic E-state index is 0.0658. The summed E-state index contributed by atoms with van der Waals surface area (Å²) in [7, 11) is 0. The quantitative estimate of drug-likeness (QED) is 0.889. The molecular weight excluding hydrogens is 256 g/mol. The van der Waals surface area contributed by atoms with Crippen LogP contribution in [0.4, 0.5) is 4.79 Å². The van der Waals surface area contributed by atoms with Crippen LogP contribution in [0.1, 0.15) is 39.7 Å². The van der Waals surface area contributed by atoms with Gasteiger partial charge in [0.1, 0.15) is 5.60 Å². The topological polar surface area (TPSA) is 71.2 Å². The second kappa shape index (κ2) is 6.93. The lowest BCUT2D eigenvalue weighted by molar-refractivity contribution is 0.0509. The predicted molar refractivity (Wildman–Crippen MR) is 79.5 cm³/mol. The molecule has 110 valence electrons. The van der Waals surface area contributed by atoms with E-state index in [1.54, 1.807) is 24.4 Å². The molecule has 1 aromatic rings. The Balaban J connectivity index is 2.44. The van der Waals surface area contributed by atoms with Crippen LogP contribution < -0.4 is 10.9 Å². The van der Waals surface area contributed by atoms with Gasteiger partial charge in [-0.2, -0.15) is 0 Å². The van der Waals surface area contributed by atoms with Crippen LogP contribution in [-0.2, 0) is 4.74 Å². The van der Waals surface area contributed by atoms with Gasteiger partial charge in [-0.1, -0.05) is 12.2 Å². The average Bonchev–Trinajstić information content (AvgIpc) is 2.28. The number of H-pyrrole nitrogens is 1. The van der Waals surface area contributed by atoms with Crippen molar-refractivity contribution in [2.75, 3.05) is 0 Å². The fraction of sp³-hybridized carbons (Fsp3) is 0.467. The van der Waals surface area contributed by atoms with E-state index in [9.17, 15) is 9.59 Å². The van der Waals surface area contributed by atoms with Crippen LogP contribution in [0.15, 0.2) is 29.2 Å². The maximum absolute atomic E-state index is 11.5. The molecule has 0 saturated carbocycles. The van der Waals surface area contributed by atoms with Gasteiger partial charge in [0.25, 0.3) is 5.56 Å². The van der Waals surface area contributed by atoms with E-state index in [4.69, 9.17) is 4.74 Å². The summed E-state index contributed by atoms with van der Waals surface area (Å²) < 4.78 is 5.16. The van der Waals surface area contributed by atoms with E-state index in [1.807, 2.05) is 33.8 Å². The highest BCUT2D eigenvalue weighted by Gasteiger charge is 2.17. The van der Waals surface area contributed by atoms with E-state index >= 15 is 0 Å². The van der Waals surface area contributed by atoms with E-state index in [-0.39, 0.29) is 11.6 Å². The van der Waals surface area contributed by atoms with Crippen molar-refractivity contribution in [3.63, 3.8) is 0 Å². The van der Waals surface area contributed by atoms with Crippen molar-refractivity contribution >= 4 is 12.2 Å². The number of aromatic amines is 1. The van der Waals surface area contributed by atoms with Gasteiger partial charge in [-0.3, -0.25) is 4.79 Å². The molecule has 0 saturated heterocycles. The molecule has 0 spiro atoms. The van der Waals surface area contributed by atoms with Crippen molar-refractivity contribution in [1.29, 1.82) is 0 Å². The highest BCUT2D eigenvalue weighted by atomic mass is 16.6. The molecule has 1 rings (SSSR count). The van der Waals surface area contributed by atoms with Gasteiger partial charge in [0.15, 0.2) is 0 Å². The summed E-state index contributed by atoms with van der Waals surface area (Å²) in [5, 5.41) is 2.74. The summed E-state index contributed by atoms with van der Waals surface area (Å²) in [5.41, 5.74) is -0.0368. The Morgan fingerprint density at radius 3 is 2.80 bits per heavy atom. The van der Waals surface area contributed by atoms with Gasteiger partial charge < -0.3 is 15.0 Å². The third kappa shape index (κ3) is 6.22. The minimum atomic E-state index is -0.503. The van der Waals surface area contributed by atoms with Gasteiger partial charge >= 0.3 is 6.09 Å². The Bertz CT molecular complexity index is 526. The van der Waals surface area contributed by atoms with E-state index in [0.29, 0.717) is 12.0 Å². The first-order chi connectivity index (χ1) is 9.28. The maximum Gasteiger partial charge on any atom is 0.407 e. The summed E-state index contributed by atoms with van der Waals surface area (Å²) in [5.74, 6) is 0. The number of ether oxygens (including phenoxy) is 1. The molecule has 20 heavy (non-hydrogen) atoms. The largest absolute Gasteiger partial charge is 0.444 e. The summed E-state index contributed by atoms with van der Waals surface area (Å²) in [6.07, 6.45) is 5.37.